The number of fused-ring (bicyclic) bond motifs is 1. The third kappa shape index (κ3) is 6.04. The van der Waals surface area contributed by atoms with Crippen LogP contribution in [0.25, 0.3) is 10.9 Å². The summed E-state index contributed by atoms with van der Waals surface area (Å²) >= 11 is 0. The molecular formula is C30H38N6O3. The van der Waals surface area contributed by atoms with Crippen molar-refractivity contribution in [3.8, 4) is 5.75 Å². The van der Waals surface area contributed by atoms with Crippen LogP contribution in [0.1, 0.15) is 66.7 Å². The standard InChI is InChI=1S/C30H38N6O3/c1-5-9-27(29-32-33-34-36(29)19-25-11-8-13-39-25)35(17-22-10-6-7-12-28(22)38-4)18-24-16-23-14-20(2)21(3)15-26(23)31-30(24)37/h6-7,10,12,14-16,25,27H,5,8-9,11,13,17-19H2,1-4H3,(H,31,37)/t25-,27-/m1/s1. The first-order valence-electron chi connectivity index (χ1n) is 13.8. The van der Waals surface area contributed by atoms with Crippen LogP contribution < -0.4 is 10.3 Å². The number of hydrogen-bond acceptors (Lipinski definition) is 7. The lowest BCUT2D eigenvalue weighted by Gasteiger charge is -2.31. The van der Waals surface area contributed by atoms with Crippen molar-refractivity contribution in [3.63, 3.8) is 0 Å². The summed E-state index contributed by atoms with van der Waals surface area (Å²) in [7, 11) is 1.69. The average molecular weight is 531 g/mol. The van der Waals surface area contributed by atoms with E-state index in [0.29, 0.717) is 25.2 Å². The van der Waals surface area contributed by atoms with Gasteiger partial charge in [0.25, 0.3) is 5.56 Å². The van der Waals surface area contributed by atoms with E-state index in [-0.39, 0.29) is 17.7 Å². The summed E-state index contributed by atoms with van der Waals surface area (Å²) in [6.45, 7) is 8.74. The molecule has 0 aliphatic carbocycles. The van der Waals surface area contributed by atoms with Gasteiger partial charge in [0.15, 0.2) is 5.82 Å². The van der Waals surface area contributed by atoms with Gasteiger partial charge in [-0.2, -0.15) is 0 Å². The van der Waals surface area contributed by atoms with E-state index in [1.807, 2.05) is 35.0 Å². The molecule has 0 unspecified atom stereocenters. The van der Waals surface area contributed by atoms with E-state index in [2.05, 4.69) is 58.3 Å². The summed E-state index contributed by atoms with van der Waals surface area (Å²) in [5.41, 5.74) is 4.88. The van der Waals surface area contributed by atoms with Crippen LogP contribution in [0.5, 0.6) is 5.75 Å². The van der Waals surface area contributed by atoms with Crippen molar-refractivity contribution in [2.24, 2.45) is 0 Å². The van der Waals surface area contributed by atoms with E-state index in [0.717, 1.165) is 65.9 Å². The molecule has 0 amide bonds. The average Bonchev–Trinajstić information content (AvgIpc) is 3.61. The van der Waals surface area contributed by atoms with Gasteiger partial charge in [-0.25, -0.2) is 4.68 Å². The Morgan fingerprint density at radius 1 is 1.15 bits per heavy atom. The van der Waals surface area contributed by atoms with Crippen molar-refractivity contribution in [2.45, 2.75) is 78.2 Å². The second kappa shape index (κ2) is 12.1. The summed E-state index contributed by atoms with van der Waals surface area (Å²) in [4.78, 5) is 18.8. The van der Waals surface area contributed by atoms with Crippen LogP contribution in [-0.4, -0.2) is 49.9 Å². The van der Waals surface area contributed by atoms with Crippen LogP contribution in [0.4, 0.5) is 0 Å². The highest BCUT2D eigenvalue weighted by molar-refractivity contribution is 5.80. The van der Waals surface area contributed by atoms with Crippen LogP contribution in [0, 0.1) is 13.8 Å². The Hall–Kier alpha value is -3.56. The molecule has 2 aromatic heterocycles. The molecule has 1 N–H and O–H groups in total. The highest BCUT2D eigenvalue weighted by atomic mass is 16.5. The molecule has 0 spiro atoms. The first kappa shape index (κ1) is 27.0. The highest BCUT2D eigenvalue weighted by Crippen LogP contribution is 2.31. The number of aromatic amines is 1. The SMILES string of the molecule is CCC[C@H](c1nnnn1C[C@H]1CCCO1)N(Cc1ccccc1OC)Cc1cc2cc(C)c(C)cc2[nH]c1=O. The lowest BCUT2D eigenvalue weighted by molar-refractivity contribution is 0.0884. The normalized spacial score (nSPS) is 16.3. The van der Waals surface area contributed by atoms with Crippen LogP contribution >= 0.6 is 0 Å². The van der Waals surface area contributed by atoms with Gasteiger partial charge in [0.05, 0.1) is 25.8 Å². The van der Waals surface area contributed by atoms with Gasteiger partial charge >= 0.3 is 0 Å². The molecule has 1 aliphatic heterocycles. The number of aromatic nitrogens is 5. The Bertz CT molecular complexity index is 1470. The molecule has 2 atom stereocenters. The van der Waals surface area contributed by atoms with E-state index in [1.165, 1.54) is 5.56 Å². The molecule has 0 saturated carbocycles. The van der Waals surface area contributed by atoms with E-state index in [4.69, 9.17) is 9.47 Å². The number of tetrazole rings is 1. The third-order valence-electron chi connectivity index (χ3n) is 7.74. The fourth-order valence-corrected chi connectivity index (χ4v) is 5.50. The number of nitrogens with zero attached hydrogens (tertiary/aromatic N) is 5. The van der Waals surface area contributed by atoms with Crippen molar-refractivity contribution in [1.29, 1.82) is 0 Å². The van der Waals surface area contributed by atoms with Gasteiger partial charge in [0, 0.05) is 36.3 Å². The minimum absolute atomic E-state index is 0.0787. The summed E-state index contributed by atoms with van der Waals surface area (Å²) in [6.07, 6.45) is 3.96. The number of rotatable bonds is 11. The molecule has 5 rings (SSSR count). The maximum atomic E-state index is 13.3. The summed E-state index contributed by atoms with van der Waals surface area (Å²) in [5, 5.41) is 13.9. The van der Waals surface area contributed by atoms with Gasteiger partial charge < -0.3 is 14.5 Å². The van der Waals surface area contributed by atoms with Gasteiger partial charge in [0.2, 0.25) is 0 Å². The van der Waals surface area contributed by atoms with Crippen molar-refractivity contribution >= 4 is 10.9 Å². The number of pyridine rings is 1. The number of benzene rings is 2. The molecule has 1 fully saturated rings. The number of H-pyrrole nitrogens is 1. The second-order valence-corrected chi connectivity index (χ2v) is 10.5. The minimum atomic E-state index is -0.105. The Morgan fingerprint density at radius 2 is 1.95 bits per heavy atom. The Kier molecular flexibility index (Phi) is 8.38. The second-order valence-electron chi connectivity index (χ2n) is 10.5. The zero-order valence-electron chi connectivity index (χ0n) is 23.3. The molecule has 1 saturated heterocycles. The van der Waals surface area contributed by atoms with Crippen molar-refractivity contribution < 1.29 is 9.47 Å². The summed E-state index contributed by atoms with van der Waals surface area (Å²) in [5.74, 6) is 1.61. The zero-order valence-corrected chi connectivity index (χ0v) is 23.3. The van der Waals surface area contributed by atoms with Gasteiger partial charge in [0.1, 0.15) is 5.75 Å². The number of ether oxygens (including phenoxy) is 2. The van der Waals surface area contributed by atoms with Crippen LogP contribution in [0.2, 0.25) is 0 Å². The van der Waals surface area contributed by atoms with Gasteiger partial charge in [-0.15, -0.1) is 5.10 Å². The van der Waals surface area contributed by atoms with Crippen molar-refractivity contribution in [2.75, 3.05) is 13.7 Å². The Labute approximate surface area is 229 Å². The maximum Gasteiger partial charge on any atom is 0.252 e. The number of aryl methyl sites for hydroxylation is 2. The fourth-order valence-electron chi connectivity index (χ4n) is 5.50. The number of hydrogen-bond donors (Lipinski definition) is 1. The molecular weight excluding hydrogens is 492 g/mol. The minimum Gasteiger partial charge on any atom is -0.496 e. The Morgan fingerprint density at radius 3 is 2.72 bits per heavy atom. The topological polar surface area (TPSA) is 98.2 Å². The van der Waals surface area contributed by atoms with Crippen molar-refractivity contribution in [1.82, 2.24) is 30.1 Å². The molecule has 0 radical (unpaired) electrons. The molecule has 9 nitrogen and oxygen atoms in total. The quantitative estimate of drug-likeness (QED) is 0.296. The van der Waals surface area contributed by atoms with Crippen molar-refractivity contribution in [3.05, 3.63) is 80.9 Å². The molecule has 2 aromatic carbocycles. The predicted molar refractivity (Wildman–Crippen MR) is 151 cm³/mol. The molecule has 9 heteroatoms. The monoisotopic (exact) mass is 530 g/mol. The summed E-state index contributed by atoms with van der Waals surface area (Å²) in [6, 6.07) is 14.1. The first-order chi connectivity index (χ1) is 19.0. The number of methoxy groups -OCH3 is 1. The van der Waals surface area contributed by atoms with Gasteiger partial charge in [-0.1, -0.05) is 31.5 Å². The fraction of sp³-hybridized carbons (Fsp3) is 0.467. The van der Waals surface area contributed by atoms with E-state index < -0.39 is 0 Å². The molecule has 39 heavy (non-hydrogen) atoms. The van der Waals surface area contributed by atoms with E-state index in [1.54, 1.807) is 7.11 Å². The van der Waals surface area contributed by atoms with E-state index in [9.17, 15) is 4.79 Å². The number of para-hydroxylation sites is 1. The maximum absolute atomic E-state index is 13.3. The third-order valence-corrected chi connectivity index (χ3v) is 7.74. The molecule has 3 heterocycles. The molecule has 206 valence electrons. The van der Waals surface area contributed by atoms with E-state index >= 15 is 0 Å². The Balaban J connectivity index is 1.55. The highest BCUT2D eigenvalue weighted by Gasteiger charge is 2.29. The lowest BCUT2D eigenvalue weighted by atomic mass is 10.0. The van der Waals surface area contributed by atoms with Gasteiger partial charge in [-0.3, -0.25) is 9.69 Å². The molecule has 1 aliphatic rings. The smallest absolute Gasteiger partial charge is 0.252 e. The zero-order chi connectivity index (χ0) is 27.4. The largest absolute Gasteiger partial charge is 0.496 e. The summed E-state index contributed by atoms with van der Waals surface area (Å²) < 4.78 is 13.5. The first-order valence-corrected chi connectivity index (χ1v) is 13.8. The number of nitrogens with one attached hydrogen (secondary N) is 1. The molecule has 4 aromatic rings. The van der Waals surface area contributed by atoms with Crippen LogP contribution in [-0.2, 0) is 24.4 Å². The van der Waals surface area contributed by atoms with Gasteiger partial charge in [-0.05, 0) is 84.3 Å². The van der Waals surface area contributed by atoms with Crippen LogP contribution in [0.15, 0.2) is 47.3 Å². The predicted octanol–water partition coefficient (Wildman–Crippen LogP) is 4.86. The molecule has 0 bridgehead atoms. The van der Waals surface area contributed by atoms with Crippen LogP contribution in [0.3, 0.4) is 0 Å². The lowest BCUT2D eigenvalue weighted by Crippen LogP contribution is -2.33.